The van der Waals surface area contributed by atoms with Crippen LogP contribution in [0, 0.1) is 11.8 Å². The lowest BCUT2D eigenvalue weighted by Gasteiger charge is -2.18. The highest BCUT2D eigenvalue weighted by Crippen LogP contribution is 2.33. The number of aromatic nitrogens is 1. The molecule has 0 aliphatic carbocycles. The van der Waals surface area contributed by atoms with Crippen LogP contribution in [-0.4, -0.2) is 31.2 Å². The molecule has 0 N–H and O–H groups in total. The van der Waals surface area contributed by atoms with Gasteiger partial charge in [0.05, 0.1) is 22.5 Å². The number of carbonyl (C=O) groups is 1. The van der Waals surface area contributed by atoms with E-state index in [4.69, 9.17) is 16.3 Å². The summed E-state index contributed by atoms with van der Waals surface area (Å²) in [5.41, 5.74) is 0. The largest absolute Gasteiger partial charge is 0.469 e. The van der Waals surface area contributed by atoms with Crippen LogP contribution in [0.3, 0.4) is 0 Å². The number of anilines is 1. The van der Waals surface area contributed by atoms with Crippen LogP contribution in [-0.2, 0) is 9.53 Å². The van der Waals surface area contributed by atoms with Crippen molar-refractivity contribution >= 4 is 39.3 Å². The minimum absolute atomic E-state index is 0.0978. The van der Waals surface area contributed by atoms with Crippen LogP contribution in [0.2, 0.25) is 5.02 Å². The number of carbonyl (C=O) groups excluding carboxylic acids is 1. The van der Waals surface area contributed by atoms with Crippen LogP contribution >= 0.6 is 27.5 Å². The zero-order valence-corrected chi connectivity index (χ0v) is 12.5. The molecule has 2 atom stereocenters. The number of ether oxygens (including phenoxy) is 1. The van der Waals surface area contributed by atoms with Gasteiger partial charge in [-0.25, -0.2) is 4.98 Å². The van der Waals surface area contributed by atoms with Gasteiger partial charge >= 0.3 is 5.97 Å². The number of halogens is 2. The van der Waals surface area contributed by atoms with Crippen LogP contribution < -0.4 is 4.90 Å². The summed E-state index contributed by atoms with van der Waals surface area (Å²) in [6.45, 7) is 3.46. The molecule has 1 aliphatic rings. The number of hydrogen-bond donors (Lipinski definition) is 0. The predicted molar refractivity (Wildman–Crippen MR) is 73.8 cm³/mol. The van der Waals surface area contributed by atoms with Gasteiger partial charge in [0.2, 0.25) is 0 Å². The molecular weight excluding hydrogens is 320 g/mol. The Bertz CT molecular complexity index is 469. The monoisotopic (exact) mass is 332 g/mol. The minimum Gasteiger partial charge on any atom is -0.469 e. The van der Waals surface area contributed by atoms with Crippen LogP contribution in [0.15, 0.2) is 16.7 Å². The predicted octanol–water partition coefficient (Wildman–Crippen LogP) is 2.74. The second-order valence-electron chi connectivity index (χ2n) is 4.47. The first-order chi connectivity index (χ1) is 8.52. The number of nitrogens with zero attached hydrogens (tertiary/aromatic N) is 2. The maximum absolute atomic E-state index is 11.6. The minimum atomic E-state index is -0.157. The van der Waals surface area contributed by atoms with Crippen LogP contribution in [0.25, 0.3) is 0 Å². The fourth-order valence-electron chi connectivity index (χ4n) is 2.24. The van der Waals surface area contributed by atoms with Gasteiger partial charge < -0.3 is 9.64 Å². The molecule has 1 saturated heterocycles. The molecule has 0 amide bonds. The Morgan fingerprint density at radius 1 is 1.61 bits per heavy atom. The van der Waals surface area contributed by atoms with E-state index in [0.29, 0.717) is 11.6 Å². The summed E-state index contributed by atoms with van der Waals surface area (Å²) in [7, 11) is 1.42. The SMILES string of the molecule is COC(=O)C1CN(c2ncc(Cl)cc2Br)CC1C. The van der Waals surface area contributed by atoms with Crippen molar-refractivity contribution in [3.63, 3.8) is 0 Å². The van der Waals surface area contributed by atoms with Crippen molar-refractivity contribution in [3.05, 3.63) is 21.8 Å². The van der Waals surface area contributed by atoms with Crippen molar-refractivity contribution in [2.24, 2.45) is 11.8 Å². The molecule has 1 aliphatic heterocycles. The van der Waals surface area contributed by atoms with E-state index < -0.39 is 0 Å². The maximum Gasteiger partial charge on any atom is 0.310 e. The highest BCUT2D eigenvalue weighted by Gasteiger charge is 2.36. The van der Waals surface area contributed by atoms with Crippen LogP contribution in [0.5, 0.6) is 0 Å². The lowest BCUT2D eigenvalue weighted by Crippen LogP contribution is -2.25. The summed E-state index contributed by atoms with van der Waals surface area (Å²) in [5, 5.41) is 0.586. The number of rotatable bonds is 2. The molecule has 6 heteroatoms. The molecule has 1 aromatic heterocycles. The van der Waals surface area contributed by atoms with Crippen molar-refractivity contribution in [2.75, 3.05) is 25.1 Å². The number of hydrogen-bond acceptors (Lipinski definition) is 4. The first kappa shape index (κ1) is 13.6. The van der Waals surface area contributed by atoms with Gasteiger partial charge in [0.25, 0.3) is 0 Å². The van der Waals surface area contributed by atoms with Gasteiger partial charge in [-0.3, -0.25) is 4.79 Å². The molecular formula is C12H14BrClN2O2. The zero-order valence-electron chi connectivity index (χ0n) is 10.2. The Morgan fingerprint density at radius 2 is 2.33 bits per heavy atom. The summed E-state index contributed by atoms with van der Waals surface area (Å²) in [6, 6.07) is 1.81. The Morgan fingerprint density at radius 3 is 2.94 bits per heavy atom. The highest BCUT2D eigenvalue weighted by atomic mass is 79.9. The van der Waals surface area contributed by atoms with Gasteiger partial charge in [-0.2, -0.15) is 0 Å². The molecule has 0 spiro atoms. The van der Waals surface area contributed by atoms with Crippen molar-refractivity contribution in [1.29, 1.82) is 0 Å². The average Bonchev–Trinajstić information content (AvgIpc) is 2.70. The third-order valence-electron chi connectivity index (χ3n) is 3.20. The molecule has 0 bridgehead atoms. The van der Waals surface area contributed by atoms with Gasteiger partial charge in [0, 0.05) is 19.3 Å². The fourth-order valence-corrected chi connectivity index (χ4v) is 3.13. The van der Waals surface area contributed by atoms with E-state index >= 15 is 0 Å². The lowest BCUT2D eigenvalue weighted by molar-refractivity contribution is -0.145. The Labute approximate surface area is 119 Å². The topological polar surface area (TPSA) is 42.4 Å². The Kier molecular flexibility index (Phi) is 4.12. The summed E-state index contributed by atoms with van der Waals surface area (Å²) in [5.74, 6) is 0.814. The summed E-state index contributed by atoms with van der Waals surface area (Å²) >= 11 is 9.32. The molecule has 0 aromatic carbocycles. The molecule has 98 valence electrons. The molecule has 2 unspecified atom stereocenters. The van der Waals surface area contributed by atoms with E-state index in [-0.39, 0.29) is 17.8 Å². The average molecular weight is 334 g/mol. The Hall–Kier alpha value is -0.810. The van der Waals surface area contributed by atoms with Crippen molar-refractivity contribution in [2.45, 2.75) is 6.92 Å². The summed E-state index contributed by atoms with van der Waals surface area (Å²) in [6.07, 6.45) is 1.61. The summed E-state index contributed by atoms with van der Waals surface area (Å²) in [4.78, 5) is 18.0. The highest BCUT2D eigenvalue weighted by molar-refractivity contribution is 9.10. The summed E-state index contributed by atoms with van der Waals surface area (Å²) < 4.78 is 5.66. The van der Waals surface area contributed by atoms with E-state index in [1.165, 1.54) is 7.11 Å². The fraction of sp³-hybridized carbons (Fsp3) is 0.500. The third-order valence-corrected chi connectivity index (χ3v) is 3.99. The molecule has 0 saturated carbocycles. The zero-order chi connectivity index (χ0) is 13.3. The number of methoxy groups -OCH3 is 1. The molecule has 0 radical (unpaired) electrons. The molecule has 2 heterocycles. The van der Waals surface area contributed by atoms with Crippen molar-refractivity contribution in [1.82, 2.24) is 4.98 Å². The Balaban J connectivity index is 2.19. The molecule has 1 fully saturated rings. The van der Waals surface area contributed by atoms with E-state index in [9.17, 15) is 4.79 Å². The lowest BCUT2D eigenvalue weighted by atomic mass is 9.99. The van der Waals surface area contributed by atoms with Gasteiger partial charge in [0.15, 0.2) is 0 Å². The quantitative estimate of drug-likeness (QED) is 0.781. The van der Waals surface area contributed by atoms with Gasteiger partial charge in [-0.05, 0) is 27.9 Å². The smallest absolute Gasteiger partial charge is 0.310 e. The van der Waals surface area contributed by atoms with Gasteiger partial charge in [-0.15, -0.1) is 0 Å². The van der Waals surface area contributed by atoms with Crippen molar-refractivity contribution in [3.8, 4) is 0 Å². The molecule has 18 heavy (non-hydrogen) atoms. The number of esters is 1. The van der Waals surface area contributed by atoms with Crippen molar-refractivity contribution < 1.29 is 9.53 Å². The molecule has 2 rings (SSSR count). The van der Waals surface area contributed by atoms with E-state index in [2.05, 4.69) is 25.8 Å². The molecule has 4 nitrogen and oxygen atoms in total. The van der Waals surface area contributed by atoms with Crippen LogP contribution in [0.4, 0.5) is 5.82 Å². The first-order valence-corrected chi connectivity index (χ1v) is 6.84. The van der Waals surface area contributed by atoms with E-state index in [1.807, 2.05) is 6.92 Å². The van der Waals surface area contributed by atoms with Crippen LogP contribution in [0.1, 0.15) is 6.92 Å². The second kappa shape index (κ2) is 5.45. The van der Waals surface area contributed by atoms with E-state index in [1.54, 1.807) is 12.3 Å². The third kappa shape index (κ3) is 2.62. The first-order valence-electron chi connectivity index (χ1n) is 5.66. The maximum atomic E-state index is 11.6. The molecule has 1 aromatic rings. The standard InChI is InChI=1S/C12H14BrClN2O2/c1-7-5-16(6-9(7)12(17)18-2)11-10(13)3-8(14)4-15-11/h3-4,7,9H,5-6H2,1-2H3. The van der Waals surface area contributed by atoms with Gasteiger partial charge in [0.1, 0.15) is 5.82 Å². The van der Waals surface area contributed by atoms with Gasteiger partial charge in [-0.1, -0.05) is 18.5 Å². The van der Waals surface area contributed by atoms with E-state index in [0.717, 1.165) is 16.8 Å². The number of pyridine rings is 1. The second-order valence-corrected chi connectivity index (χ2v) is 5.76. The normalized spacial score (nSPS) is 23.2.